The van der Waals surface area contributed by atoms with E-state index >= 15 is 0 Å². The number of benzene rings is 7. The van der Waals surface area contributed by atoms with E-state index in [2.05, 4.69) is 161 Å². The first-order chi connectivity index (χ1) is 22.3. The minimum absolute atomic E-state index is 0.908. The van der Waals surface area contributed by atoms with E-state index in [0.29, 0.717) is 0 Å². The van der Waals surface area contributed by atoms with Crippen LogP contribution in [0.1, 0.15) is 0 Å². The molecule has 10 aromatic rings. The third kappa shape index (κ3) is 3.41. The molecule has 7 aromatic carbocycles. The molecule has 0 aliphatic rings. The van der Waals surface area contributed by atoms with Crippen LogP contribution in [0.3, 0.4) is 0 Å². The number of fused-ring (bicyclic) bond motifs is 10. The minimum Gasteiger partial charge on any atom is -0.454 e. The van der Waals surface area contributed by atoms with E-state index in [-0.39, 0.29) is 0 Å². The van der Waals surface area contributed by atoms with E-state index in [1.54, 1.807) is 0 Å². The van der Waals surface area contributed by atoms with Gasteiger partial charge in [0, 0.05) is 49.3 Å². The van der Waals surface area contributed by atoms with E-state index in [9.17, 15) is 0 Å². The lowest BCUT2D eigenvalue weighted by Crippen LogP contribution is -1.97. The van der Waals surface area contributed by atoms with Gasteiger partial charge in [0.25, 0.3) is 0 Å². The Bertz CT molecular complexity index is 2760. The summed E-state index contributed by atoms with van der Waals surface area (Å²) in [6.07, 6.45) is 0. The highest BCUT2D eigenvalue weighted by atomic mass is 16.3. The van der Waals surface area contributed by atoms with Crippen molar-refractivity contribution in [3.05, 3.63) is 158 Å². The highest BCUT2D eigenvalue weighted by molar-refractivity contribution is 6.21. The molecular formula is C42H26N2O. The molecule has 10 rings (SSSR count). The summed E-state index contributed by atoms with van der Waals surface area (Å²) in [6, 6.07) is 56.5. The van der Waals surface area contributed by atoms with Gasteiger partial charge < -0.3 is 13.6 Å². The van der Waals surface area contributed by atoms with Crippen LogP contribution in [0.15, 0.2) is 162 Å². The Hall–Kier alpha value is -6.06. The van der Waals surface area contributed by atoms with Gasteiger partial charge in [0.2, 0.25) is 0 Å². The Kier molecular flexibility index (Phi) is 5.00. The van der Waals surface area contributed by atoms with Gasteiger partial charge in [-0.15, -0.1) is 0 Å². The predicted molar refractivity (Wildman–Crippen MR) is 188 cm³/mol. The van der Waals surface area contributed by atoms with Crippen molar-refractivity contribution < 1.29 is 4.42 Å². The molecule has 45 heavy (non-hydrogen) atoms. The smallest absolute Gasteiger partial charge is 0.160 e. The van der Waals surface area contributed by atoms with Crippen LogP contribution in [-0.4, -0.2) is 9.13 Å². The molecule has 0 saturated carbocycles. The average molecular weight is 575 g/mol. The van der Waals surface area contributed by atoms with Crippen molar-refractivity contribution >= 4 is 65.6 Å². The van der Waals surface area contributed by atoms with Crippen molar-refractivity contribution in [3.8, 4) is 22.5 Å². The number of para-hydroxylation sites is 5. The van der Waals surface area contributed by atoms with Crippen molar-refractivity contribution in [2.75, 3.05) is 0 Å². The molecule has 3 heterocycles. The Labute approximate surface area is 258 Å². The molecule has 0 N–H and O–H groups in total. The molecule has 0 amide bonds. The molecule has 3 nitrogen and oxygen atoms in total. The summed E-state index contributed by atoms with van der Waals surface area (Å²) in [5.74, 6) is 0. The second-order valence-electron chi connectivity index (χ2n) is 11.7. The number of hydrogen-bond donors (Lipinski definition) is 0. The quantitative estimate of drug-likeness (QED) is 0.206. The normalized spacial score (nSPS) is 12.0. The van der Waals surface area contributed by atoms with E-state index in [1.165, 1.54) is 43.7 Å². The summed E-state index contributed by atoms with van der Waals surface area (Å²) in [5.41, 5.74) is 11.1. The molecule has 3 heteroatoms. The fraction of sp³-hybridized carbons (Fsp3) is 0. The maximum atomic E-state index is 6.60. The zero-order chi connectivity index (χ0) is 29.5. The van der Waals surface area contributed by atoms with Gasteiger partial charge in [0.1, 0.15) is 5.58 Å². The summed E-state index contributed by atoms with van der Waals surface area (Å²) in [6.45, 7) is 0. The van der Waals surface area contributed by atoms with Crippen LogP contribution in [0.25, 0.3) is 88.1 Å². The molecule has 0 radical (unpaired) electrons. The van der Waals surface area contributed by atoms with Gasteiger partial charge in [0.05, 0.1) is 22.1 Å². The van der Waals surface area contributed by atoms with Crippen LogP contribution in [0.5, 0.6) is 0 Å². The Morgan fingerprint density at radius 2 is 0.956 bits per heavy atom. The topological polar surface area (TPSA) is 23.0 Å². The summed E-state index contributed by atoms with van der Waals surface area (Å²) in [4.78, 5) is 0. The number of aromatic nitrogens is 2. The second kappa shape index (κ2) is 9.22. The molecule has 0 spiro atoms. The summed E-state index contributed by atoms with van der Waals surface area (Å²) in [7, 11) is 0. The maximum absolute atomic E-state index is 6.60. The molecule has 0 unspecified atom stereocenters. The number of furan rings is 1. The van der Waals surface area contributed by atoms with Crippen molar-refractivity contribution in [1.82, 2.24) is 9.13 Å². The van der Waals surface area contributed by atoms with Crippen LogP contribution >= 0.6 is 0 Å². The highest BCUT2D eigenvalue weighted by Crippen LogP contribution is 2.42. The standard InChI is InChI=1S/C42H26N2O/c1-2-13-28(14-3-1)43-37-21-7-4-16-31(37)34-20-11-19-30(40(34)43)27-12-10-15-29(26-27)44-38-22-8-5-17-32(38)35-24-25-36-33-18-6-9-23-39(33)45-42(36)41(35)44/h1-26H. The average Bonchev–Trinajstić information content (AvgIpc) is 3.76. The van der Waals surface area contributed by atoms with E-state index < -0.39 is 0 Å². The lowest BCUT2D eigenvalue weighted by molar-refractivity contribution is 0.671. The Balaban J connectivity index is 1.29. The SMILES string of the molecule is c1ccc(-n2c3ccccc3c3cccc(-c4cccc(-n5c6ccccc6c6ccc7c8ccccc8oc7c65)c4)c32)cc1. The second-order valence-corrected chi connectivity index (χ2v) is 11.7. The summed E-state index contributed by atoms with van der Waals surface area (Å²) >= 11 is 0. The third-order valence-electron chi connectivity index (χ3n) is 9.30. The van der Waals surface area contributed by atoms with Gasteiger partial charge in [-0.1, -0.05) is 109 Å². The van der Waals surface area contributed by atoms with Crippen LogP contribution in [0.4, 0.5) is 0 Å². The van der Waals surface area contributed by atoms with Crippen molar-refractivity contribution in [2.24, 2.45) is 0 Å². The van der Waals surface area contributed by atoms with Gasteiger partial charge in [0.15, 0.2) is 5.58 Å². The highest BCUT2D eigenvalue weighted by Gasteiger charge is 2.20. The summed E-state index contributed by atoms with van der Waals surface area (Å²) in [5, 5.41) is 7.18. The molecule has 3 aromatic heterocycles. The first-order valence-electron chi connectivity index (χ1n) is 15.4. The number of rotatable bonds is 3. The van der Waals surface area contributed by atoms with Gasteiger partial charge in [-0.2, -0.15) is 0 Å². The van der Waals surface area contributed by atoms with Gasteiger partial charge in [-0.05, 0) is 54.1 Å². The Morgan fingerprint density at radius 1 is 0.378 bits per heavy atom. The fourth-order valence-electron chi connectivity index (χ4n) is 7.41. The van der Waals surface area contributed by atoms with Gasteiger partial charge in [-0.25, -0.2) is 0 Å². The molecule has 210 valence electrons. The van der Waals surface area contributed by atoms with E-state index in [1.807, 2.05) is 6.07 Å². The fourth-order valence-corrected chi connectivity index (χ4v) is 7.41. The largest absolute Gasteiger partial charge is 0.454 e. The molecule has 0 saturated heterocycles. The first-order valence-corrected chi connectivity index (χ1v) is 15.4. The van der Waals surface area contributed by atoms with Crippen LogP contribution in [0, 0.1) is 0 Å². The van der Waals surface area contributed by atoms with Gasteiger partial charge in [-0.3, -0.25) is 0 Å². The predicted octanol–water partition coefficient (Wildman–Crippen LogP) is 11.4. The molecule has 0 aliphatic heterocycles. The van der Waals surface area contributed by atoms with Crippen molar-refractivity contribution in [1.29, 1.82) is 0 Å². The van der Waals surface area contributed by atoms with E-state index in [0.717, 1.165) is 44.3 Å². The lowest BCUT2D eigenvalue weighted by atomic mass is 10.0. The molecule has 0 atom stereocenters. The minimum atomic E-state index is 0.908. The lowest BCUT2D eigenvalue weighted by Gasteiger charge is -2.14. The maximum Gasteiger partial charge on any atom is 0.160 e. The zero-order valence-electron chi connectivity index (χ0n) is 24.3. The number of hydrogen-bond acceptors (Lipinski definition) is 1. The van der Waals surface area contributed by atoms with Gasteiger partial charge >= 0.3 is 0 Å². The Morgan fingerprint density at radius 3 is 1.76 bits per heavy atom. The number of nitrogens with zero attached hydrogens (tertiary/aromatic N) is 2. The first kappa shape index (κ1) is 24.4. The third-order valence-corrected chi connectivity index (χ3v) is 9.30. The molecular weight excluding hydrogens is 548 g/mol. The van der Waals surface area contributed by atoms with Crippen molar-refractivity contribution in [2.45, 2.75) is 0 Å². The van der Waals surface area contributed by atoms with Crippen LogP contribution in [0.2, 0.25) is 0 Å². The van der Waals surface area contributed by atoms with Crippen molar-refractivity contribution in [3.63, 3.8) is 0 Å². The molecule has 0 fully saturated rings. The van der Waals surface area contributed by atoms with Crippen LogP contribution < -0.4 is 0 Å². The zero-order valence-corrected chi connectivity index (χ0v) is 24.3. The molecule has 0 aliphatic carbocycles. The molecule has 0 bridgehead atoms. The van der Waals surface area contributed by atoms with E-state index in [4.69, 9.17) is 4.42 Å². The van der Waals surface area contributed by atoms with Crippen LogP contribution in [-0.2, 0) is 0 Å². The monoisotopic (exact) mass is 574 g/mol. The summed E-state index contributed by atoms with van der Waals surface area (Å²) < 4.78 is 11.4.